The number of fused-ring (bicyclic) bond motifs is 1. The summed E-state index contributed by atoms with van der Waals surface area (Å²) in [7, 11) is 0. The number of benzene rings is 1. The fourth-order valence-electron chi connectivity index (χ4n) is 3.02. The van der Waals surface area contributed by atoms with Crippen LogP contribution in [0, 0.1) is 6.92 Å². The molecule has 1 atom stereocenters. The second kappa shape index (κ2) is 7.03. The van der Waals surface area contributed by atoms with Crippen LogP contribution in [0.1, 0.15) is 16.8 Å². The van der Waals surface area contributed by atoms with Crippen molar-refractivity contribution in [3.8, 4) is 0 Å². The summed E-state index contributed by atoms with van der Waals surface area (Å²) in [6.45, 7) is 2.70. The Morgan fingerprint density at radius 1 is 1.33 bits per heavy atom. The number of pyridine rings is 1. The molecule has 0 fully saturated rings. The summed E-state index contributed by atoms with van der Waals surface area (Å²) in [4.78, 5) is 17.8. The number of rotatable bonds is 6. The van der Waals surface area contributed by atoms with Crippen molar-refractivity contribution >= 4 is 28.6 Å². The second-order valence-electron chi connectivity index (χ2n) is 5.73. The number of carboxylic acid groups (broad SMARTS) is 1. The minimum absolute atomic E-state index is 0.325. The van der Waals surface area contributed by atoms with E-state index in [1.807, 2.05) is 49.5 Å². The van der Waals surface area contributed by atoms with Crippen LogP contribution in [0.2, 0.25) is 0 Å². The van der Waals surface area contributed by atoms with E-state index in [0.717, 1.165) is 27.7 Å². The Kier molecular flexibility index (Phi) is 4.83. The first-order valence-corrected chi connectivity index (χ1v) is 8.04. The number of para-hydroxylation sites is 1. The summed E-state index contributed by atoms with van der Waals surface area (Å²) >= 11 is 5.61. The molecule has 0 radical (unpaired) electrons. The Hall–Kier alpha value is -2.37. The van der Waals surface area contributed by atoms with Crippen LogP contribution in [-0.4, -0.2) is 26.7 Å². The zero-order chi connectivity index (χ0) is 17.1. The summed E-state index contributed by atoms with van der Waals surface area (Å²) in [5, 5.41) is 10.3. The lowest BCUT2D eigenvalue weighted by Crippen LogP contribution is -2.32. The molecule has 0 aliphatic carbocycles. The number of nitrogens with zero attached hydrogens (tertiary/aromatic N) is 2. The maximum absolute atomic E-state index is 11.3. The largest absolute Gasteiger partial charge is 0.480 e. The number of nitrogens with one attached hydrogen (secondary N) is 1. The predicted octanol–water partition coefficient (Wildman–Crippen LogP) is 3.13. The number of hydrogen-bond acceptors (Lipinski definition) is 3. The highest BCUT2D eigenvalue weighted by Crippen LogP contribution is 2.28. The molecule has 1 aromatic carbocycles. The molecule has 0 saturated heterocycles. The monoisotopic (exact) mass is 343 g/mol. The third-order valence-electron chi connectivity index (χ3n) is 4.26. The van der Waals surface area contributed by atoms with E-state index < -0.39 is 12.0 Å². The lowest BCUT2D eigenvalue weighted by Gasteiger charge is -2.11. The third-order valence-corrected chi connectivity index (χ3v) is 4.53. The minimum atomic E-state index is -0.964. The highest BCUT2D eigenvalue weighted by molar-refractivity contribution is 6.14. The van der Waals surface area contributed by atoms with Gasteiger partial charge in [-0.2, -0.15) is 0 Å². The zero-order valence-corrected chi connectivity index (χ0v) is 14.0. The van der Waals surface area contributed by atoms with Crippen LogP contribution in [0.3, 0.4) is 0 Å². The Labute approximate surface area is 145 Å². The molecule has 24 heavy (non-hydrogen) atoms. The van der Waals surface area contributed by atoms with Gasteiger partial charge in [0.25, 0.3) is 0 Å². The summed E-state index contributed by atoms with van der Waals surface area (Å²) in [5.74, 6) is -0.964. The van der Waals surface area contributed by atoms with E-state index in [-0.39, 0.29) is 0 Å². The molecule has 6 heteroatoms. The van der Waals surface area contributed by atoms with Crippen molar-refractivity contribution < 1.29 is 9.90 Å². The molecule has 1 unspecified atom stereocenters. The highest BCUT2D eigenvalue weighted by Gasteiger charge is 2.22. The van der Waals surface area contributed by atoms with E-state index in [2.05, 4.69) is 14.4 Å². The highest BCUT2D eigenvalue weighted by atomic mass is 35.5. The average Bonchev–Trinajstić information content (AvgIpc) is 2.85. The van der Waals surface area contributed by atoms with Crippen LogP contribution in [0.5, 0.6) is 0 Å². The van der Waals surface area contributed by atoms with E-state index in [1.165, 1.54) is 0 Å². The molecule has 5 nitrogen and oxygen atoms in total. The van der Waals surface area contributed by atoms with Gasteiger partial charge in [0.15, 0.2) is 0 Å². The van der Waals surface area contributed by atoms with Crippen molar-refractivity contribution in [2.75, 3.05) is 0 Å². The number of aromatic nitrogens is 2. The fourth-order valence-corrected chi connectivity index (χ4v) is 3.19. The van der Waals surface area contributed by atoms with Gasteiger partial charge in [0.05, 0.1) is 0 Å². The molecular weight excluding hydrogens is 326 g/mol. The van der Waals surface area contributed by atoms with Crippen LogP contribution in [0.15, 0.2) is 48.8 Å². The first-order chi connectivity index (χ1) is 11.6. The quantitative estimate of drug-likeness (QED) is 0.675. The van der Waals surface area contributed by atoms with Gasteiger partial charge >= 0.3 is 5.97 Å². The predicted molar refractivity (Wildman–Crippen MR) is 94.1 cm³/mol. The van der Waals surface area contributed by atoms with E-state index >= 15 is 0 Å². The van der Waals surface area contributed by atoms with Gasteiger partial charge in [-0.05, 0) is 42.0 Å². The molecule has 124 valence electrons. The van der Waals surface area contributed by atoms with E-state index in [1.54, 1.807) is 6.20 Å². The molecular formula is C18H18ClN3O2. The number of aliphatic carboxylic acids is 1. The standard InChI is InChI=1S/C18H18ClN3O2/c1-12-15(9-16(21-19)18(23)24)14-6-2-3-7-17(14)22(12)11-13-5-4-8-20-10-13/h2-8,10,16,21H,9,11H2,1H3,(H,23,24). The second-order valence-corrected chi connectivity index (χ2v) is 5.95. The minimum Gasteiger partial charge on any atom is -0.480 e. The molecule has 0 spiro atoms. The summed E-state index contributed by atoms with van der Waals surface area (Å²) in [6, 6.07) is 11.1. The van der Waals surface area contributed by atoms with Crippen LogP contribution in [0.25, 0.3) is 10.9 Å². The maximum Gasteiger partial charge on any atom is 0.322 e. The van der Waals surface area contributed by atoms with Crippen molar-refractivity contribution in [3.63, 3.8) is 0 Å². The van der Waals surface area contributed by atoms with Gasteiger partial charge < -0.3 is 9.67 Å². The van der Waals surface area contributed by atoms with Crippen LogP contribution >= 0.6 is 11.8 Å². The lowest BCUT2D eigenvalue weighted by molar-refractivity contribution is -0.138. The molecule has 2 heterocycles. The van der Waals surface area contributed by atoms with E-state index in [0.29, 0.717) is 13.0 Å². The Morgan fingerprint density at radius 2 is 2.12 bits per heavy atom. The van der Waals surface area contributed by atoms with E-state index in [4.69, 9.17) is 11.8 Å². The van der Waals surface area contributed by atoms with Crippen molar-refractivity contribution in [2.45, 2.75) is 25.9 Å². The smallest absolute Gasteiger partial charge is 0.322 e. The van der Waals surface area contributed by atoms with Crippen LogP contribution < -0.4 is 4.84 Å². The van der Waals surface area contributed by atoms with Crippen LogP contribution in [0.4, 0.5) is 0 Å². The topological polar surface area (TPSA) is 67.2 Å². The van der Waals surface area contributed by atoms with Crippen LogP contribution in [-0.2, 0) is 17.8 Å². The SMILES string of the molecule is Cc1c(CC(NCl)C(=O)O)c2ccccc2n1Cc1cccnc1. The Balaban J connectivity index is 2.07. The number of halogens is 1. The molecule has 0 saturated carbocycles. The average molecular weight is 344 g/mol. The number of carbonyl (C=O) groups is 1. The first kappa shape index (κ1) is 16.5. The Morgan fingerprint density at radius 3 is 2.79 bits per heavy atom. The van der Waals surface area contributed by atoms with Gasteiger partial charge in [-0.25, -0.2) is 4.84 Å². The van der Waals surface area contributed by atoms with Gasteiger partial charge in [0.2, 0.25) is 0 Å². The number of hydrogen-bond donors (Lipinski definition) is 2. The Bertz CT molecular complexity index is 861. The molecule has 3 rings (SSSR count). The maximum atomic E-state index is 11.3. The summed E-state index contributed by atoms with van der Waals surface area (Å²) < 4.78 is 2.19. The van der Waals surface area contributed by atoms with E-state index in [9.17, 15) is 9.90 Å². The molecule has 3 aromatic rings. The molecule has 0 amide bonds. The lowest BCUT2D eigenvalue weighted by atomic mass is 10.0. The number of carboxylic acids is 1. The summed E-state index contributed by atoms with van der Waals surface area (Å²) in [5.41, 5.74) is 4.21. The third kappa shape index (κ3) is 3.13. The van der Waals surface area contributed by atoms with Crippen molar-refractivity contribution in [1.82, 2.24) is 14.4 Å². The molecule has 0 aliphatic rings. The normalized spacial score (nSPS) is 12.4. The zero-order valence-electron chi connectivity index (χ0n) is 13.2. The molecule has 2 N–H and O–H groups in total. The van der Waals surface area contributed by atoms with Gasteiger partial charge in [0.1, 0.15) is 6.04 Å². The van der Waals surface area contributed by atoms with Gasteiger partial charge in [-0.3, -0.25) is 9.78 Å². The van der Waals surface area contributed by atoms with Gasteiger partial charge in [-0.1, -0.05) is 24.3 Å². The van der Waals surface area contributed by atoms with Gasteiger partial charge in [-0.15, -0.1) is 0 Å². The first-order valence-electron chi connectivity index (χ1n) is 7.66. The molecule has 0 aliphatic heterocycles. The van der Waals surface area contributed by atoms with Crippen molar-refractivity contribution in [2.24, 2.45) is 0 Å². The molecule has 2 aromatic heterocycles. The summed E-state index contributed by atoms with van der Waals surface area (Å²) in [6.07, 6.45) is 3.92. The fraction of sp³-hybridized carbons (Fsp3) is 0.222. The van der Waals surface area contributed by atoms with Gasteiger partial charge in [0, 0.05) is 42.0 Å². The van der Waals surface area contributed by atoms with Crippen molar-refractivity contribution in [1.29, 1.82) is 0 Å². The van der Waals surface area contributed by atoms with Crippen molar-refractivity contribution in [3.05, 3.63) is 65.6 Å². The molecule has 0 bridgehead atoms.